The Hall–Kier alpha value is -0.860. The molecule has 0 heterocycles. The molecule has 0 radical (unpaired) electrons. The van der Waals surface area contributed by atoms with Gasteiger partial charge in [-0.05, 0) is 37.7 Å². The highest BCUT2D eigenvalue weighted by atomic mass is 15.2. The van der Waals surface area contributed by atoms with Crippen molar-refractivity contribution in [3.05, 3.63) is 35.9 Å². The summed E-state index contributed by atoms with van der Waals surface area (Å²) in [7, 11) is 0. The van der Waals surface area contributed by atoms with E-state index >= 15 is 0 Å². The third-order valence-corrected chi connectivity index (χ3v) is 4.14. The second-order valence-electron chi connectivity index (χ2n) is 5.62. The molecule has 2 N–H and O–H groups in total. The first-order chi connectivity index (χ1) is 8.33. The zero-order valence-corrected chi connectivity index (χ0v) is 10.4. The molecule has 2 heteroatoms. The second kappa shape index (κ2) is 4.79. The average Bonchev–Trinajstić information content (AvgIpc) is 3.10. The molecule has 2 unspecified atom stereocenters. The topological polar surface area (TPSA) is 29.3 Å². The average molecular weight is 230 g/mol. The van der Waals surface area contributed by atoms with Crippen LogP contribution in [0.1, 0.15) is 37.7 Å². The van der Waals surface area contributed by atoms with E-state index in [1.165, 1.54) is 37.7 Å². The standard InChI is InChI=1S/C15H22N2/c16-13-6-7-15(10-13)17(14-8-9-14)11-12-4-2-1-3-5-12/h1-5,13-15H,6-11,16H2. The molecular formula is C15H22N2. The summed E-state index contributed by atoms with van der Waals surface area (Å²) < 4.78 is 0. The Bertz CT molecular complexity index is 358. The maximum atomic E-state index is 6.05. The Balaban J connectivity index is 1.68. The van der Waals surface area contributed by atoms with Crippen LogP contribution in [0, 0.1) is 0 Å². The van der Waals surface area contributed by atoms with Crippen molar-refractivity contribution in [1.29, 1.82) is 0 Å². The van der Waals surface area contributed by atoms with Crippen molar-refractivity contribution in [3.8, 4) is 0 Å². The highest BCUT2D eigenvalue weighted by Gasteiger charge is 2.36. The van der Waals surface area contributed by atoms with Crippen LogP contribution in [0.15, 0.2) is 30.3 Å². The van der Waals surface area contributed by atoms with E-state index in [4.69, 9.17) is 5.73 Å². The van der Waals surface area contributed by atoms with E-state index in [0.717, 1.165) is 18.6 Å². The normalized spacial score (nSPS) is 28.8. The van der Waals surface area contributed by atoms with Crippen LogP contribution in [-0.4, -0.2) is 23.0 Å². The fourth-order valence-corrected chi connectivity index (χ4v) is 3.05. The molecule has 2 atom stereocenters. The molecule has 2 nitrogen and oxygen atoms in total. The highest BCUT2D eigenvalue weighted by molar-refractivity contribution is 5.15. The first-order valence-electron chi connectivity index (χ1n) is 6.88. The third-order valence-electron chi connectivity index (χ3n) is 4.14. The van der Waals surface area contributed by atoms with Crippen LogP contribution in [0.5, 0.6) is 0 Å². The number of hydrogen-bond acceptors (Lipinski definition) is 2. The van der Waals surface area contributed by atoms with E-state index in [1.807, 2.05) is 0 Å². The number of benzene rings is 1. The lowest BCUT2D eigenvalue weighted by Gasteiger charge is -2.29. The first-order valence-corrected chi connectivity index (χ1v) is 6.88. The Morgan fingerprint density at radius 3 is 2.29 bits per heavy atom. The van der Waals surface area contributed by atoms with Crippen LogP contribution < -0.4 is 5.73 Å². The second-order valence-corrected chi connectivity index (χ2v) is 5.62. The van der Waals surface area contributed by atoms with E-state index in [2.05, 4.69) is 35.2 Å². The largest absolute Gasteiger partial charge is 0.328 e. The summed E-state index contributed by atoms with van der Waals surface area (Å²) in [4.78, 5) is 2.71. The van der Waals surface area contributed by atoms with Gasteiger partial charge in [0.2, 0.25) is 0 Å². The fraction of sp³-hybridized carbons (Fsp3) is 0.600. The van der Waals surface area contributed by atoms with Gasteiger partial charge in [0.1, 0.15) is 0 Å². The van der Waals surface area contributed by atoms with Crippen LogP contribution in [0.4, 0.5) is 0 Å². The van der Waals surface area contributed by atoms with Crippen molar-refractivity contribution in [1.82, 2.24) is 4.90 Å². The molecular weight excluding hydrogens is 208 g/mol. The van der Waals surface area contributed by atoms with Crippen LogP contribution in [0.2, 0.25) is 0 Å². The molecule has 17 heavy (non-hydrogen) atoms. The fourth-order valence-electron chi connectivity index (χ4n) is 3.05. The zero-order valence-electron chi connectivity index (χ0n) is 10.4. The predicted octanol–water partition coefficient (Wildman–Crippen LogP) is 2.53. The van der Waals surface area contributed by atoms with Crippen LogP contribution in [0.25, 0.3) is 0 Å². The van der Waals surface area contributed by atoms with Crippen molar-refractivity contribution in [2.45, 2.75) is 56.8 Å². The van der Waals surface area contributed by atoms with Gasteiger partial charge in [0.25, 0.3) is 0 Å². The SMILES string of the molecule is NC1CCC(N(Cc2ccccc2)C2CC2)C1. The monoisotopic (exact) mass is 230 g/mol. The Morgan fingerprint density at radius 1 is 1.00 bits per heavy atom. The van der Waals surface area contributed by atoms with Gasteiger partial charge in [0, 0.05) is 24.7 Å². The van der Waals surface area contributed by atoms with Gasteiger partial charge in [-0.2, -0.15) is 0 Å². The van der Waals surface area contributed by atoms with Gasteiger partial charge < -0.3 is 5.73 Å². The molecule has 0 bridgehead atoms. The minimum atomic E-state index is 0.442. The molecule has 1 aromatic carbocycles. The van der Waals surface area contributed by atoms with Crippen molar-refractivity contribution in [2.75, 3.05) is 0 Å². The third kappa shape index (κ3) is 2.70. The Morgan fingerprint density at radius 2 is 1.71 bits per heavy atom. The van der Waals surface area contributed by atoms with Gasteiger partial charge in [0.05, 0.1) is 0 Å². The molecule has 0 aromatic heterocycles. The smallest absolute Gasteiger partial charge is 0.0239 e. The van der Waals surface area contributed by atoms with E-state index < -0.39 is 0 Å². The lowest BCUT2D eigenvalue weighted by atomic mass is 10.1. The molecule has 3 rings (SSSR count). The molecule has 92 valence electrons. The summed E-state index contributed by atoms with van der Waals surface area (Å²) in [5.41, 5.74) is 7.49. The quantitative estimate of drug-likeness (QED) is 0.861. The molecule has 2 aliphatic rings. The summed E-state index contributed by atoms with van der Waals surface area (Å²) >= 11 is 0. The first kappa shape index (κ1) is 11.2. The van der Waals surface area contributed by atoms with Crippen molar-refractivity contribution in [3.63, 3.8) is 0 Å². The number of nitrogens with zero attached hydrogens (tertiary/aromatic N) is 1. The van der Waals surface area contributed by atoms with Crippen LogP contribution >= 0.6 is 0 Å². The van der Waals surface area contributed by atoms with E-state index in [1.54, 1.807) is 0 Å². The van der Waals surface area contributed by atoms with E-state index in [0.29, 0.717) is 6.04 Å². The predicted molar refractivity (Wildman–Crippen MR) is 70.6 cm³/mol. The molecule has 0 spiro atoms. The summed E-state index contributed by atoms with van der Waals surface area (Å²) in [5, 5.41) is 0. The van der Waals surface area contributed by atoms with Gasteiger partial charge in [-0.15, -0.1) is 0 Å². The lowest BCUT2D eigenvalue weighted by molar-refractivity contribution is 0.178. The molecule has 0 saturated heterocycles. The van der Waals surface area contributed by atoms with Crippen LogP contribution in [-0.2, 0) is 6.54 Å². The minimum Gasteiger partial charge on any atom is -0.328 e. The lowest BCUT2D eigenvalue weighted by Crippen LogP contribution is -2.35. The maximum absolute atomic E-state index is 6.05. The number of nitrogens with two attached hydrogens (primary N) is 1. The zero-order chi connectivity index (χ0) is 11.7. The molecule has 2 saturated carbocycles. The minimum absolute atomic E-state index is 0.442. The molecule has 0 amide bonds. The van der Waals surface area contributed by atoms with Gasteiger partial charge in [0.15, 0.2) is 0 Å². The van der Waals surface area contributed by atoms with Gasteiger partial charge >= 0.3 is 0 Å². The summed E-state index contributed by atoms with van der Waals surface area (Å²) in [6.45, 7) is 1.11. The highest BCUT2D eigenvalue weighted by Crippen LogP contribution is 2.35. The molecule has 0 aliphatic heterocycles. The van der Waals surface area contributed by atoms with E-state index in [-0.39, 0.29) is 0 Å². The Labute approximate surface area is 104 Å². The van der Waals surface area contributed by atoms with Crippen molar-refractivity contribution in [2.24, 2.45) is 5.73 Å². The molecule has 2 aliphatic carbocycles. The van der Waals surface area contributed by atoms with Crippen LogP contribution in [0.3, 0.4) is 0 Å². The van der Waals surface area contributed by atoms with Gasteiger partial charge in [-0.3, -0.25) is 4.90 Å². The maximum Gasteiger partial charge on any atom is 0.0239 e. The van der Waals surface area contributed by atoms with Gasteiger partial charge in [-0.1, -0.05) is 30.3 Å². The summed E-state index contributed by atoms with van der Waals surface area (Å²) in [6.07, 6.45) is 6.48. The molecule has 1 aromatic rings. The van der Waals surface area contributed by atoms with Crippen molar-refractivity contribution >= 4 is 0 Å². The summed E-state index contributed by atoms with van der Waals surface area (Å²) in [6, 6.07) is 12.9. The number of hydrogen-bond donors (Lipinski definition) is 1. The van der Waals surface area contributed by atoms with E-state index in [9.17, 15) is 0 Å². The Kier molecular flexibility index (Phi) is 3.17. The summed E-state index contributed by atoms with van der Waals surface area (Å²) in [5.74, 6) is 0. The number of rotatable bonds is 4. The molecule has 2 fully saturated rings. The van der Waals surface area contributed by atoms with Gasteiger partial charge in [-0.25, -0.2) is 0 Å². The van der Waals surface area contributed by atoms with Crippen molar-refractivity contribution < 1.29 is 0 Å².